The van der Waals surface area contributed by atoms with Crippen LogP contribution in [0.5, 0.6) is 0 Å². The maximum Gasteiger partial charge on any atom is 0.0547 e. The molecule has 0 aliphatic rings. The third-order valence-electron chi connectivity index (χ3n) is 8.37. The van der Waals surface area contributed by atoms with E-state index in [-0.39, 0.29) is 0 Å². The molecule has 0 N–H and O–H groups in total. The van der Waals surface area contributed by atoms with Crippen molar-refractivity contribution in [2.45, 2.75) is 0 Å². The van der Waals surface area contributed by atoms with Crippen LogP contribution in [0.25, 0.3) is 49.7 Å². The van der Waals surface area contributed by atoms with E-state index in [2.05, 4.69) is 191 Å². The van der Waals surface area contributed by atoms with Crippen LogP contribution < -0.4 is 4.90 Å². The van der Waals surface area contributed by atoms with Crippen molar-refractivity contribution < 1.29 is 0 Å². The summed E-state index contributed by atoms with van der Waals surface area (Å²) in [5.41, 5.74) is 11.8. The molecule has 0 spiro atoms. The van der Waals surface area contributed by atoms with E-state index in [0.29, 0.717) is 0 Å². The zero-order valence-corrected chi connectivity index (χ0v) is 24.2. The van der Waals surface area contributed by atoms with Crippen LogP contribution in [0.15, 0.2) is 182 Å². The average molecular weight is 563 g/mol. The maximum atomic E-state index is 2.38. The van der Waals surface area contributed by atoms with E-state index in [1.165, 1.54) is 49.7 Å². The Balaban J connectivity index is 1.21. The monoisotopic (exact) mass is 562 g/mol. The molecule has 0 aliphatic heterocycles. The molecule has 0 unspecified atom stereocenters. The highest BCUT2D eigenvalue weighted by molar-refractivity contribution is 6.15. The third kappa shape index (κ3) is 4.54. The van der Waals surface area contributed by atoms with Crippen molar-refractivity contribution in [3.8, 4) is 27.9 Å². The third-order valence-corrected chi connectivity index (χ3v) is 8.37. The lowest BCUT2D eigenvalue weighted by Gasteiger charge is -2.25. The maximum absolute atomic E-state index is 2.38. The molecule has 1 aromatic heterocycles. The highest BCUT2D eigenvalue weighted by Crippen LogP contribution is 2.40. The summed E-state index contributed by atoms with van der Waals surface area (Å²) in [6.07, 6.45) is 0. The lowest BCUT2D eigenvalue weighted by Crippen LogP contribution is -2.09. The fourth-order valence-electron chi connectivity index (χ4n) is 6.39. The summed E-state index contributed by atoms with van der Waals surface area (Å²) in [6, 6.07) is 64.9. The number of hydrogen-bond donors (Lipinski definition) is 0. The van der Waals surface area contributed by atoms with Gasteiger partial charge in [0.1, 0.15) is 0 Å². The van der Waals surface area contributed by atoms with Crippen LogP contribution in [0.3, 0.4) is 0 Å². The Morgan fingerprint density at radius 3 is 1.61 bits per heavy atom. The van der Waals surface area contributed by atoms with Crippen molar-refractivity contribution >= 4 is 38.9 Å². The summed E-state index contributed by atoms with van der Waals surface area (Å²) in [4.78, 5) is 2.30. The quantitative estimate of drug-likeness (QED) is 0.196. The Kier molecular flexibility index (Phi) is 6.51. The van der Waals surface area contributed by atoms with Crippen LogP contribution in [-0.4, -0.2) is 4.57 Å². The van der Waals surface area contributed by atoms with Crippen molar-refractivity contribution in [1.29, 1.82) is 0 Å². The molecule has 0 amide bonds. The van der Waals surface area contributed by atoms with Crippen LogP contribution in [0.1, 0.15) is 0 Å². The van der Waals surface area contributed by atoms with E-state index in [1.807, 2.05) is 0 Å². The lowest BCUT2D eigenvalue weighted by molar-refractivity contribution is 1.18. The molecule has 0 atom stereocenters. The van der Waals surface area contributed by atoms with E-state index in [9.17, 15) is 0 Å². The largest absolute Gasteiger partial charge is 0.311 e. The molecule has 0 fully saturated rings. The number of benzene rings is 7. The molecule has 1 heterocycles. The van der Waals surface area contributed by atoms with E-state index >= 15 is 0 Å². The molecule has 2 heteroatoms. The molecular weight excluding hydrogens is 532 g/mol. The summed E-state index contributed by atoms with van der Waals surface area (Å²) in [5.74, 6) is 0. The van der Waals surface area contributed by atoms with Gasteiger partial charge in [0.2, 0.25) is 0 Å². The number of anilines is 3. The smallest absolute Gasteiger partial charge is 0.0547 e. The van der Waals surface area contributed by atoms with Gasteiger partial charge in [-0.05, 0) is 89.0 Å². The Hall–Kier alpha value is -5.86. The molecular formula is C42H30N2. The first-order chi connectivity index (χ1) is 21.8. The van der Waals surface area contributed by atoms with Gasteiger partial charge in [0.05, 0.1) is 11.0 Å². The molecule has 0 radical (unpaired) electrons. The molecule has 2 nitrogen and oxygen atoms in total. The second-order valence-electron chi connectivity index (χ2n) is 11.0. The molecule has 44 heavy (non-hydrogen) atoms. The van der Waals surface area contributed by atoms with Crippen molar-refractivity contribution in [2.75, 3.05) is 4.90 Å². The summed E-state index contributed by atoms with van der Waals surface area (Å²) in [7, 11) is 0. The van der Waals surface area contributed by atoms with E-state index in [0.717, 1.165) is 17.1 Å². The number of rotatable bonds is 6. The van der Waals surface area contributed by atoms with Crippen LogP contribution in [0.2, 0.25) is 0 Å². The number of hydrogen-bond acceptors (Lipinski definition) is 1. The molecule has 0 saturated heterocycles. The Labute approximate surface area is 257 Å². The van der Waals surface area contributed by atoms with E-state index in [1.54, 1.807) is 0 Å². The summed E-state index contributed by atoms with van der Waals surface area (Å²) >= 11 is 0. The van der Waals surface area contributed by atoms with Gasteiger partial charge in [-0.3, -0.25) is 0 Å². The first kappa shape index (κ1) is 25.8. The number of nitrogens with zero attached hydrogens (tertiary/aromatic N) is 2. The first-order valence-corrected chi connectivity index (χ1v) is 15.0. The number of para-hydroxylation sites is 4. The SMILES string of the molecule is c1ccc(N(c2ccccc2)c2ccc(-c3cccc(-c4cccc5c4c4ccccc4n5-c4ccccc4)c3)cc2)cc1. The van der Waals surface area contributed by atoms with Crippen LogP contribution in [0.4, 0.5) is 17.1 Å². The van der Waals surface area contributed by atoms with Gasteiger partial charge in [0.25, 0.3) is 0 Å². The van der Waals surface area contributed by atoms with E-state index < -0.39 is 0 Å². The highest BCUT2D eigenvalue weighted by Gasteiger charge is 2.16. The van der Waals surface area contributed by atoms with Gasteiger partial charge < -0.3 is 9.47 Å². The minimum absolute atomic E-state index is 1.13. The van der Waals surface area contributed by atoms with Gasteiger partial charge in [-0.1, -0.05) is 115 Å². The fraction of sp³-hybridized carbons (Fsp3) is 0. The zero-order chi connectivity index (χ0) is 29.3. The Morgan fingerprint density at radius 2 is 0.909 bits per heavy atom. The molecule has 208 valence electrons. The first-order valence-electron chi connectivity index (χ1n) is 15.0. The normalized spacial score (nSPS) is 11.2. The predicted molar refractivity (Wildman–Crippen MR) is 186 cm³/mol. The Bertz CT molecular complexity index is 2160. The molecule has 8 rings (SSSR count). The minimum atomic E-state index is 1.13. The molecule has 0 aliphatic carbocycles. The molecule has 0 bridgehead atoms. The van der Waals surface area contributed by atoms with Crippen molar-refractivity contribution in [1.82, 2.24) is 4.57 Å². The van der Waals surface area contributed by atoms with Gasteiger partial charge in [0, 0.05) is 33.5 Å². The fourth-order valence-corrected chi connectivity index (χ4v) is 6.39. The molecule has 0 saturated carbocycles. The standard InChI is InChI=1S/C42H30N2/c1-4-16-34(17-5-1)43(35-18-6-2-7-19-35)37-28-26-31(27-29-37)32-14-12-15-33(30-32)38-23-13-25-41-42(38)39-22-10-11-24-40(39)44(41)36-20-8-3-9-21-36/h1-30H. The molecule has 7 aromatic carbocycles. The summed E-state index contributed by atoms with van der Waals surface area (Å²) < 4.78 is 2.38. The molecule has 8 aromatic rings. The minimum Gasteiger partial charge on any atom is -0.311 e. The van der Waals surface area contributed by atoms with Gasteiger partial charge in [-0.25, -0.2) is 0 Å². The van der Waals surface area contributed by atoms with Crippen molar-refractivity contribution in [2.24, 2.45) is 0 Å². The summed E-state index contributed by atoms with van der Waals surface area (Å²) in [5, 5.41) is 2.54. The average Bonchev–Trinajstić information content (AvgIpc) is 3.45. The van der Waals surface area contributed by atoms with Gasteiger partial charge >= 0.3 is 0 Å². The number of aromatic nitrogens is 1. The van der Waals surface area contributed by atoms with Crippen LogP contribution in [0, 0.1) is 0 Å². The van der Waals surface area contributed by atoms with Gasteiger partial charge in [-0.15, -0.1) is 0 Å². The highest BCUT2D eigenvalue weighted by atomic mass is 15.1. The second kappa shape index (κ2) is 11.1. The number of fused-ring (bicyclic) bond motifs is 3. The second-order valence-corrected chi connectivity index (χ2v) is 11.0. The predicted octanol–water partition coefficient (Wildman–Crippen LogP) is 11.6. The lowest BCUT2D eigenvalue weighted by atomic mass is 9.96. The van der Waals surface area contributed by atoms with Crippen molar-refractivity contribution in [3.05, 3.63) is 182 Å². The van der Waals surface area contributed by atoms with Crippen LogP contribution >= 0.6 is 0 Å². The zero-order valence-electron chi connectivity index (χ0n) is 24.2. The topological polar surface area (TPSA) is 8.17 Å². The van der Waals surface area contributed by atoms with Crippen molar-refractivity contribution in [3.63, 3.8) is 0 Å². The van der Waals surface area contributed by atoms with E-state index in [4.69, 9.17) is 0 Å². The van der Waals surface area contributed by atoms with Gasteiger partial charge in [0.15, 0.2) is 0 Å². The van der Waals surface area contributed by atoms with Gasteiger partial charge in [-0.2, -0.15) is 0 Å². The summed E-state index contributed by atoms with van der Waals surface area (Å²) in [6.45, 7) is 0. The van der Waals surface area contributed by atoms with Crippen LogP contribution in [-0.2, 0) is 0 Å². The Morgan fingerprint density at radius 1 is 0.364 bits per heavy atom.